The number of phenols is 1. The topological polar surface area (TPSA) is 55.8 Å². The van der Waals surface area contributed by atoms with Gasteiger partial charge in [-0.05, 0) is 50.3 Å². The first kappa shape index (κ1) is 16.1. The zero-order valence-corrected chi connectivity index (χ0v) is 11.9. The highest BCUT2D eigenvalue weighted by Crippen LogP contribution is 2.26. The predicted octanol–water partition coefficient (Wildman–Crippen LogP) is 3.37. The van der Waals surface area contributed by atoms with Crippen LogP contribution in [0.3, 0.4) is 0 Å². The van der Waals surface area contributed by atoms with E-state index in [1.807, 2.05) is 13.0 Å². The second kappa shape index (κ2) is 9.02. The molecule has 1 rings (SSSR count). The minimum atomic E-state index is -0.372. The van der Waals surface area contributed by atoms with Gasteiger partial charge in [-0.15, -0.1) is 0 Å². The summed E-state index contributed by atoms with van der Waals surface area (Å²) in [6.45, 7) is 6.26. The van der Waals surface area contributed by atoms with E-state index in [1.165, 1.54) is 6.08 Å². The number of rotatable bonds is 9. The normalized spacial score (nSPS) is 10.1. The van der Waals surface area contributed by atoms with Gasteiger partial charge in [0.05, 0.1) is 13.2 Å². The maximum Gasteiger partial charge on any atom is 0.330 e. The summed E-state index contributed by atoms with van der Waals surface area (Å²) in [7, 11) is 0. The molecule has 0 atom stereocenters. The molecule has 0 saturated heterocycles. The molecule has 0 aliphatic carbocycles. The Morgan fingerprint density at radius 3 is 2.60 bits per heavy atom. The first-order valence-corrected chi connectivity index (χ1v) is 6.85. The van der Waals surface area contributed by atoms with Gasteiger partial charge in [0, 0.05) is 6.08 Å². The van der Waals surface area contributed by atoms with E-state index in [0.717, 1.165) is 31.2 Å². The van der Waals surface area contributed by atoms with Gasteiger partial charge in [0.2, 0.25) is 0 Å². The number of esters is 1. The average molecular weight is 278 g/mol. The Morgan fingerprint density at radius 1 is 1.25 bits per heavy atom. The summed E-state index contributed by atoms with van der Waals surface area (Å²) < 4.78 is 10.4. The molecule has 1 aromatic carbocycles. The summed E-state index contributed by atoms with van der Waals surface area (Å²) in [5.41, 5.74) is 1.00. The molecule has 0 saturated carbocycles. The number of aryl methyl sites for hydroxylation is 1. The van der Waals surface area contributed by atoms with E-state index in [4.69, 9.17) is 9.47 Å². The number of phenolic OH excluding ortho intramolecular Hbond substituents is 1. The summed E-state index contributed by atoms with van der Waals surface area (Å²) in [4.78, 5) is 10.8. The van der Waals surface area contributed by atoms with Crippen molar-refractivity contribution in [2.75, 3.05) is 13.2 Å². The van der Waals surface area contributed by atoms with Crippen molar-refractivity contribution >= 4 is 5.97 Å². The van der Waals surface area contributed by atoms with Crippen LogP contribution < -0.4 is 4.74 Å². The van der Waals surface area contributed by atoms with Crippen LogP contribution in [0.5, 0.6) is 11.5 Å². The van der Waals surface area contributed by atoms with Crippen LogP contribution in [-0.4, -0.2) is 24.3 Å². The van der Waals surface area contributed by atoms with Crippen LogP contribution in [0.1, 0.15) is 31.2 Å². The van der Waals surface area contributed by atoms with Gasteiger partial charge in [-0.2, -0.15) is 0 Å². The van der Waals surface area contributed by atoms with E-state index in [0.29, 0.717) is 19.0 Å². The van der Waals surface area contributed by atoms with Crippen LogP contribution in [-0.2, 0) is 9.53 Å². The number of hydrogen-bond donors (Lipinski definition) is 1. The van der Waals surface area contributed by atoms with E-state index >= 15 is 0 Å². The van der Waals surface area contributed by atoms with Crippen LogP contribution in [0.25, 0.3) is 0 Å². The number of ether oxygens (including phenoxy) is 2. The van der Waals surface area contributed by atoms with Crippen molar-refractivity contribution in [3.63, 3.8) is 0 Å². The van der Waals surface area contributed by atoms with Crippen molar-refractivity contribution in [2.45, 2.75) is 32.6 Å². The average Bonchev–Trinajstić information content (AvgIpc) is 2.43. The highest BCUT2D eigenvalue weighted by molar-refractivity contribution is 5.81. The van der Waals surface area contributed by atoms with Crippen molar-refractivity contribution in [3.05, 3.63) is 36.4 Å². The Bertz CT molecular complexity index is 440. The zero-order valence-electron chi connectivity index (χ0n) is 11.9. The van der Waals surface area contributed by atoms with Crippen LogP contribution in [0.4, 0.5) is 0 Å². The molecule has 4 heteroatoms. The summed E-state index contributed by atoms with van der Waals surface area (Å²) >= 11 is 0. The predicted molar refractivity (Wildman–Crippen MR) is 78.0 cm³/mol. The van der Waals surface area contributed by atoms with Crippen molar-refractivity contribution in [1.29, 1.82) is 0 Å². The van der Waals surface area contributed by atoms with Crippen molar-refractivity contribution in [1.82, 2.24) is 0 Å². The minimum absolute atomic E-state index is 0.182. The molecule has 0 aliphatic heterocycles. The van der Waals surface area contributed by atoms with Crippen LogP contribution in [0.2, 0.25) is 0 Å². The van der Waals surface area contributed by atoms with Crippen LogP contribution >= 0.6 is 0 Å². The fourth-order valence-corrected chi connectivity index (χ4v) is 1.72. The molecule has 4 nitrogen and oxygen atoms in total. The number of carbonyl (C=O) groups is 1. The molecule has 0 unspecified atom stereocenters. The molecule has 110 valence electrons. The minimum Gasteiger partial charge on any atom is -0.504 e. The Labute approximate surface area is 120 Å². The molecular weight excluding hydrogens is 256 g/mol. The van der Waals surface area contributed by atoms with Gasteiger partial charge in [-0.1, -0.05) is 12.6 Å². The third-order valence-corrected chi connectivity index (χ3v) is 2.82. The lowest BCUT2D eigenvalue weighted by atomic mass is 10.2. The molecule has 0 aliphatic rings. The molecule has 1 N–H and O–H groups in total. The zero-order chi connectivity index (χ0) is 14.8. The molecule has 0 fully saturated rings. The van der Waals surface area contributed by atoms with Gasteiger partial charge in [0.25, 0.3) is 0 Å². The number of hydrogen-bond acceptors (Lipinski definition) is 4. The summed E-state index contributed by atoms with van der Waals surface area (Å²) in [6.07, 6.45) is 4.89. The third-order valence-electron chi connectivity index (χ3n) is 2.82. The first-order valence-electron chi connectivity index (χ1n) is 6.85. The molecule has 0 radical (unpaired) electrons. The molecule has 20 heavy (non-hydrogen) atoms. The fourth-order valence-electron chi connectivity index (χ4n) is 1.72. The van der Waals surface area contributed by atoms with E-state index < -0.39 is 0 Å². The van der Waals surface area contributed by atoms with Gasteiger partial charge < -0.3 is 14.6 Å². The largest absolute Gasteiger partial charge is 0.504 e. The maximum absolute atomic E-state index is 10.8. The molecular formula is C16H22O4. The molecule has 0 spiro atoms. The Hall–Kier alpha value is -1.97. The molecule has 0 bridgehead atoms. The Kier molecular flexibility index (Phi) is 7.25. The maximum atomic E-state index is 10.8. The smallest absolute Gasteiger partial charge is 0.330 e. The Balaban J connectivity index is 2.05. The van der Waals surface area contributed by atoms with Gasteiger partial charge in [0.15, 0.2) is 11.5 Å². The lowest BCUT2D eigenvalue weighted by Gasteiger charge is -2.08. The molecule has 0 amide bonds. The number of unbranched alkanes of at least 4 members (excludes halogenated alkanes) is 3. The lowest BCUT2D eigenvalue weighted by Crippen LogP contribution is -2.02. The van der Waals surface area contributed by atoms with E-state index in [-0.39, 0.29) is 11.7 Å². The summed E-state index contributed by atoms with van der Waals surface area (Å²) in [5, 5.41) is 9.66. The second-order valence-corrected chi connectivity index (χ2v) is 4.61. The van der Waals surface area contributed by atoms with E-state index in [2.05, 4.69) is 6.58 Å². The van der Waals surface area contributed by atoms with Crippen LogP contribution in [0.15, 0.2) is 30.9 Å². The standard InChI is InChI=1S/C16H22O4/c1-3-16(18)20-11-7-5-4-6-10-19-15-9-8-13(2)12-14(15)17/h3,8-9,12,17H,1,4-7,10-11H2,2H3. The monoisotopic (exact) mass is 278 g/mol. The lowest BCUT2D eigenvalue weighted by molar-refractivity contribution is -0.137. The quantitative estimate of drug-likeness (QED) is 0.427. The SMILES string of the molecule is C=CC(=O)OCCCCCCOc1ccc(C)cc1O. The summed E-state index contributed by atoms with van der Waals surface area (Å²) in [6, 6.07) is 5.37. The molecule has 1 aromatic rings. The molecule has 0 aromatic heterocycles. The van der Waals surface area contributed by atoms with Gasteiger partial charge >= 0.3 is 5.97 Å². The van der Waals surface area contributed by atoms with E-state index in [9.17, 15) is 9.90 Å². The van der Waals surface area contributed by atoms with Gasteiger partial charge in [0.1, 0.15) is 0 Å². The van der Waals surface area contributed by atoms with Crippen LogP contribution in [0, 0.1) is 6.92 Å². The number of aromatic hydroxyl groups is 1. The van der Waals surface area contributed by atoms with Crippen molar-refractivity contribution in [3.8, 4) is 11.5 Å². The second-order valence-electron chi connectivity index (χ2n) is 4.61. The molecule has 0 heterocycles. The number of benzene rings is 1. The Morgan fingerprint density at radius 2 is 1.95 bits per heavy atom. The van der Waals surface area contributed by atoms with E-state index in [1.54, 1.807) is 12.1 Å². The number of carbonyl (C=O) groups excluding carboxylic acids is 1. The third kappa shape index (κ3) is 6.27. The fraction of sp³-hybridized carbons (Fsp3) is 0.438. The summed E-state index contributed by atoms with van der Waals surface area (Å²) in [5.74, 6) is 0.333. The highest BCUT2D eigenvalue weighted by atomic mass is 16.5. The van der Waals surface area contributed by atoms with Crippen molar-refractivity contribution in [2.24, 2.45) is 0 Å². The first-order chi connectivity index (χ1) is 9.63. The van der Waals surface area contributed by atoms with Gasteiger partial charge in [-0.25, -0.2) is 4.79 Å². The van der Waals surface area contributed by atoms with Gasteiger partial charge in [-0.3, -0.25) is 0 Å². The van der Waals surface area contributed by atoms with Crippen molar-refractivity contribution < 1.29 is 19.4 Å². The highest BCUT2D eigenvalue weighted by Gasteiger charge is 2.01.